The van der Waals surface area contributed by atoms with E-state index in [-0.39, 0.29) is 28.9 Å². The standard InChI is InChI=1S/C17H18ClF3N4O2/c1-10-7-14(24-25(10)16(26)23-12-5-3-2-4-6-12)27-15-13(18)8-11(9-22-15)17(19,20)21/h7-9,12H,2-6H2,1H3,(H,23,26). The van der Waals surface area contributed by atoms with Crippen LogP contribution in [0.25, 0.3) is 0 Å². The number of hydrogen-bond donors (Lipinski definition) is 1. The summed E-state index contributed by atoms with van der Waals surface area (Å²) in [5, 5.41) is 6.67. The Morgan fingerprint density at radius 1 is 1.30 bits per heavy atom. The summed E-state index contributed by atoms with van der Waals surface area (Å²) in [5.74, 6) is -0.206. The van der Waals surface area contributed by atoms with Crippen molar-refractivity contribution >= 4 is 17.6 Å². The molecule has 2 aromatic heterocycles. The van der Waals surface area contributed by atoms with Crippen LogP contribution in [0.1, 0.15) is 43.4 Å². The summed E-state index contributed by atoms with van der Waals surface area (Å²) in [6, 6.07) is 1.95. The Hall–Kier alpha value is -2.29. The van der Waals surface area contributed by atoms with Crippen molar-refractivity contribution in [3.63, 3.8) is 0 Å². The second-order valence-corrected chi connectivity index (χ2v) is 6.84. The van der Waals surface area contributed by atoms with E-state index in [9.17, 15) is 18.0 Å². The van der Waals surface area contributed by atoms with Gasteiger partial charge in [0.15, 0.2) is 0 Å². The predicted octanol–water partition coefficient (Wildman–Crippen LogP) is 4.94. The third kappa shape index (κ3) is 4.71. The quantitative estimate of drug-likeness (QED) is 0.789. The number of nitrogens with zero attached hydrogens (tertiary/aromatic N) is 3. The van der Waals surface area contributed by atoms with Crippen molar-refractivity contribution in [1.82, 2.24) is 20.1 Å². The van der Waals surface area contributed by atoms with Crippen molar-refractivity contribution in [2.24, 2.45) is 0 Å². The first-order chi connectivity index (χ1) is 12.7. The molecule has 6 nitrogen and oxygen atoms in total. The fourth-order valence-electron chi connectivity index (χ4n) is 2.94. The maximum Gasteiger partial charge on any atom is 0.417 e. The lowest BCUT2D eigenvalue weighted by Crippen LogP contribution is -2.39. The van der Waals surface area contributed by atoms with Gasteiger partial charge in [-0.05, 0) is 25.8 Å². The minimum absolute atomic E-state index is 0.0143. The van der Waals surface area contributed by atoms with Crippen LogP contribution in [0.2, 0.25) is 5.02 Å². The molecule has 1 amide bonds. The van der Waals surface area contributed by atoms with Crippen molar-refractivity contribution in [1.29, 1.82) is 0 Å². The Morgan fingerprint density at radius 3 is 2.63 bits per heavy atom. The van der Waals surface area contributed by atoms with E-state index >= 15 is 0 Å². The molecule has 10 heteroatoms. The number of aromatic nitrogens is 3. The second-order valence-electron chi connectivity index (χ2n) is 6.43. The smallest absolute Gasteiger partial charge is 0.417 e. The minimum Gasteiger partial charge on any atom is -0.417 e. The number of halogens is 4. The van der Waals surface area contributed by atoms with Gasteiger partial charge in [-0.15, -0.1) is 5.10 Å². The number of carbonyl (C=O) groups excluding carboxylic acids is 1. The van der Waals surface area contributed by atoms with E-state index in [1.54, 1.807) is 6.92 Å². The molecule has 0 aliphatic heterocycles. The Morgan fingerprint density at radius 2 is 2.00 bits per heavy atom. The monoisotopic (exact) mass is 402 g/mol. The van der Waals surface area contributed by atoms with Gasteiger partial charge in [0, 0.05) is 18.3 Å². The largest absolute Gasteiger partial charge is 0.417 e. The number of hydrogen-bond acceptors (Lipinski definition) is 4. The normalized spacial score (nSPS) is 15.6. The fraction of sp³-hybridized carbons (Fsp3) is 0.471. The molecule has 0 aromatic carbocycles. The van der Waals surface area contributed by atoms with Crippen LogP contribution in [0.3, 0.4) is 0 Å². The van der Waals surface area contributed by atoms with Crippen molar-refractivity contribution < 1.29 is 22.7 Å². The summed E-state index contributed by atoms with van der Waals surface area (Å²) in [5.41, 5.74) is -0.463. The first kappa shape index (κ1) is 19.5. The van der Waals surface area contributed by atoms with Gasteiger partial charge in [0.1, 0.15) is 5.02 Å². The molecule has 0 spiro atoms. The second kappa shape index (κ2) is 7.75. The number of aryl methyl sites for hydroxylation is 1. The number of alkyl halides is 3. The maximum atomic E-state index is 12.7. The number of pyridine rings is 1. The first-order valence-corrected chi connectivity index (χ1v) is 8.90. The van der Waals surface area contributed by atoms with Gasteiger partial charge in [-0.2, -0.15) is 17.9 Å². The Bertz CT molecular complexity index is 832. The molecule has 1 N–H and O–H groups in total. The van der Waals surface area contributed by atoms with E-state index in [0.29, 0.717) is 11.9 Å². The van der Waals surface area contributed by atoms with Crippen LogP contribution < -0.4 is 10.1 Å². The highest BCUT2D eigenvalue weighted by Gasteiger charge is 2.32. The van der Waals surface area contributed by atoms with Crippen LogP contribution in [-0.4, -0.2) is 26.8 Å². The average molecular weight is 403 g/mol. The molecule has 0 unspecified atom stereocenters. The Balaban J connectivity index is 1.72. The zero-order valence-corrected chi connectivity index (χ0v) is 15.3. The zero-order chi connectivity index (χ0) is 19.6. The van der Waals surface area contributed by atoms with Gasteiger partial charge in [-0.3, -0.25) is 0 Å². The van der Waals surface area contributed by atoms with Crippen molar-refractivity contribution in [2.75, 3.05) is 0 Å². The summed E-state index contributed by atoms with van der Waals surface area (Å²) >= 11 is 5.82. The summed E-state index contributed by atoms with van der Waals surface area (Å²) in [7, 11) is 0. The molecule has 3 rings (SSSR count). The van der Waals surface area contributed by atoms with E-state index in [1.807, 2.05) is 0 Å². The number of ether oxygens (including phenoxy) is 1. The van der Waals surface area contributed by atoms with Gasteiger partial charge in [0.25, 0.3) is 0 Å². The predicted molar refractivity (Wildman–Crippen MR) is 92.1 cm³/mol. The lowest BCUT2D eigenvalue weighted by atomic mass is 9.96. The SMILES string of the molecule is Cc1cc(Oc2ncc(C(F)(F)F)cc2Cl)nn1C(=O)NC1CCCCC1. The topological polar surface area (TPSA) is 69.0 Å². The highest BCUT2D eigenvalue weighted by Crippen LogP contribution is 2.34. The van der Waals surface area contributed by atoms with Crippen molar-refractivity contribution in [3.8, 4) is 11.8 Å². The molecular weight excluding hydrogens is 385 g/mol. The van der Waals surface area contributed by atoms with Crippen molar-refractivity contribution in [2.45, 2.75) is 51.2 Å². The van der Waals surface area contributed by atoms with E-state index in [0.717, 1.165) is 36.4 Å². The third-order valence-electron chi connectivity index (χ3n) is 4.33. The van der Waals surface area contributed by atoms with Crippen LogP contribution in [0, 0.1) is 6.92 Å². The van der Waals surface area contributed by atoms with E-state index < -0.39 is 11.7 Å². The highest BCUT2D eigenvalue weighted by atomic mass is 35.5. The number of amides is 1. The summed E-state index contributed by atoms with van der Waals surface area (Å²) in [4.78, 5) is 16.0. The molecule has 0 radical (unpaired) electrons. The lowest BCUT2D eigenvalue weighted by Gasteiger charge is -2.22. The van der Waals surface area contributed by atoms with Crippen LogP contribution in [0.5, 0.6) is 11.8 Å². The van der Waals surface area contributed by atoms with Gasteiger partial charge in [-0.1, -0.05) is 30.9 Å². The molecule has 146 valence electrons. The molecule has 1 aliphatic carbocycles. The minimum atomic E-state index is -4.55. The highest BCUT2D eigenvalue weighted by molar-refractivity contribution is 6.31. The zero-order valence-electron chi connectivity index (χ0n) is 14.5. The van der Waals surface area contributed by atoms with E-state index in [1.165, 1.54) is 12.5 Å². The summed E-state index contributed by atoms with van der Waals surface area (Å²) in [6.07, 6.45) is 1.27. The van der Waals surface area contributed by atoms with E-state index in [4.69, 9.17) is 16.3 Å². The number of rotatable bonds is 3. The molecule has 0 atom stereocenters. The molecule has 1 saturated carbocycles. The lowest BCUT2D eigenvalue weighted by molar-refractivity contribution is -0.137. The van der Waals surface area contributed by atoms with E-state index in [2.05, 4.69) is 15.4 Å². The molecule has 2 heterocycles. The molecule has 1 aliphatic rings. The van der Waals surface area contributed by atoms with Gasteiger partial charge >= 0.3 is 12.2 Å². The Labute approximate surface area is 158 Å². The molecule has 0 saturated heterocycles. The van der Waals surface area contributed by atoms with Gasteiger partial charge in [0.05, 0.1) is 11.3 Å². The first-order valence-electron chi connectivity index (χ1n) is 8.52. The van der Waals surface area contributed by atoms with Crippen LogP contribution in [0.4, 0.5) is 18.0 Å². The van der Waals surface area contributed by atoms with Crippen molar-refractivity contribution in [3.05, 3.63) is 34.6 Å². The maximum absolute atomic E-state index is 12.7. The average Bonchev–Trinajstić information content (AvgIpc) is 2.97. The Kier molecular flexibility index (Phi) is 5.59. The van der Waals surface area contributed by atoms with Crippen LogP contribution in [0.15, 0.2) is 18.3 Å². The number of carbonyl (C=O) groups is 1. The summed E-state index contributed by atoms with van der Waals surface area (Å²) in [6.45, 7) is 1.67. The fourth-order valence-corrected chi connectivity index (χ4v) is 3.14. The number of nitrogens with one attached hydrogen (secondary N) is 1. The van der Waals surface area contributed by atoms with Crippen LogP contribution >= 0.6 is 11.6 Å². The van der Waals surface area contributed by atoms with Gasteiger partial charge < -0.3 is 10.1 Å². The van der Waals surface area contributed by atoms with Gasteiger partial charge in [0.2, 0.25) is 11.8 Å². The molecule has 2 aromatic rings. The molecular formula is C17H18ClF3N4O2. The molecule has 27 heavy (non-hydrogen) atoms. The summed E-state index contributed by atoms with van der Waals surface area (Å²) < 4.78 is 44.5. The molecule has 0 bridgehead atoms. The molecule has 1 fully saturated rings. The van der Waals surface area contributed by atoms with Crippen LogP contribution in [-0.2, 0) is 6.18 Å². The van der Waals surface area contributed by atoms with Gasteiger partial charge in [-0.25, -0.2) is 9.78 Å². The third-order valence-corrected chi connectivity index (χ3v) is 4.60.